The van der Waals surface area contributed by atoms with E-state index in [9.17, 15) is 9.59 Å². The molecule has 2 saturated heterocycles. The highest BCUT2D eigenvalue weighted by Gasteiger charge is 2.49. The molecular formula is C16H18N4O5. The van der Waals surface area contributed by atoms with Crippen molar-refractivity contribution < 1.29 is 23.3 Å². The third-order valence-corrected chi connectivity index (χ3v) is 4.57. The van der Waals surface area contributed by atoms with Crippen molar-refractivity contribution in [2.75, 3.05) is 26.7 Å². The summed E-state index contributed by atoms with van der Waals surface area (Å²) in [7, 11) is 1.70. The normalized spacial score (nSPS) is 22.8. The summed E-state index contributed by atoms with van der Waals surface area (Å²) in [4.78, 5) is 31.5. The van der Waals surface area contributed by atoms with E-state index in [-0.39, 0.29) is 18.4 Å². The fourth-order valence-corrected chi connectivity index (χ4v) is 3.30. The minimum Gasteiger partial charge on any atom is -0.461 e. The van der Waals surface area contributed by atoms with Gasteiger partial charge in [0, 0.05) is 32.9 Å². The van der Waals surface area contributed by atoms with Crippen LogP contribution in [0.25, 0.3) is 11.6 Å². The largest absolute Gasteiger partial charge is 0.461 e. The number of carbonyl (C=O) groups is 2. The topological polar surface area (TPSA) is 102 Å². The number of aryl methyl sites for hydroxylation is 1. The predicted molar refractivity (Wildman–Crippen MR) is 83.4 cm³/mol. The lowest BCUT2D eigenvalue weighted by atomic mass is 10.0. The van der Waals surface area contributed by atoms with E-state index in [1.54, 1.807) is 29.0 Å². The lowest BCUT2D eigenvalue weighted by Gasteiger charge is -2.21. The van der Waals surface area contributed by atoms with Crippen LogP contribution in [0.4, 0.5) is 4.79 Å². The van der Waals surface area contributed by atoms with Crippen molar-refractivity contribution in [3.8, 4) is 11.6 Å². The maximum Gasteiger partial charge on any atom is 0.410 e. The maximum absolute atomic E-state index is 12.4. The quantitative estimate of drug-likeness (QED) is 0.822. The fraction of sp³-hybridized carbons (Fsp3) is 0.500. The Morgan fingerprint density at radius 1 is 1.40 bits per heavy atom. The van der Waals surface area contributed by atoms with E-state index >= 15 is 0 Å². The second-order valence-corrected chi connectivity index (χ2v) is 6.46. The van der Waals surface area contributed by atoms with Crippen LogP contribution in [0.2, 0.25) is 0 Å². The highest BCUT2D eigenvalue weighted by atomic mass is 16.6. The third kappa shape index (κ3) is 2.97. The summed E-state index contributed by atoms with van der Waals surface area (Å²) in [5, 5.41) is 3.84. The molecule has 2 fully saturated rings. The molecule has 0 unspecified atom stereocenters. The molecular weight excluding hydrogens is 328 g/mol. The van der Waals surface area contributed by atoms with E-state index in [1.165, 1.54) is 6.26 Å². The van der Waals surface area contributed by atoms with Crippen molar-refractivity contribution in [3.63, 3.8) is 0 Å². The molecule has 2 amide bonds. The number of hydrogen-bond acceptors (Lipinski definition) is 7. The van der Waals surface area contributed by atoms with Gasteiger partial charge >= 0.3 is 6.09 Å². The van der Waals surface area contributed by atoms with Crippen LogP contribution < -0.4 is 0 Å². The Kier molecular flexibility index (Phi) is 3.70. The Hall–Kier alpha value is -2.84. The van der Waals surface area contributed by atoms with Crippen LogP contribution in [0.15, 0.2) is 27.3 Å². The predicted octanol–water partition coefficient (Wildman–Crippen LogP) is 1.32. The molecule has 1 atom stereocenters. The van der Waals surface area contributed by atoms with Crippen molar-refractivity contribution in [2.45, 2.75) is 24.9 Å². The minimum absolute atomic E-state index is 0.0137. The van der Waals surface area contributed by atoms with Crippen LogP contribution in [-0.4, -0.2) is 64.2 Å². The van der Waals surface area contributed by atoms with Crippen LogP contribution in [0, 0.1) is 0 Å². The number of hydrogen-bond donors (Lipinski definition) is 0. The van der Waals surface area contributed by atoms with Gasteiger partial charge in [0.15, 0.2) is 11.4 Å². The van der Waals surface area contributed by atoms with Crippen molar-refractivity contribution >= 4 is 12.0 Å². The Labute approximate surface area is 143 Å². The first-order valence-electron chi connectivity index (χ1n) is 8.13. The minimum atomic E-state index is -0.557. The molecule has 0 aromatic carbocycles. The molecule has 4 heterocycles. The van der Waals surface area contributed by atoms with Crippen molar-refractivity contribution in [2.24, 2.45) is 0 Å². The molecule has 0 saturated carbocycles. The van der Waals surface area contributed by atoms with Gasteiger partial charge in [0.1, 0.15) is 0 Å². The highest BCUT2D eigenvalue weighted by molar-refractivity contribution is 5.77. The molecule has 0 N–H and O–H groups in total. The van der Waals surface area contributed by atoms with E-state index in [0.29, 0.717) is 50.0 Å². The summed E-state index contributed by atoms with van der Waals surface area (Å²) in [6.07, 6.45) is 2.49. The molecule has 1 spiro atoms. The molecule has 25 heavy (non-hydrogen) atoms. The van der Waals surface area contributed by atoms with Crippen LogP contribution in [0.3, 0.4) is 0 Å². The second-order valence-electron chi connectivity index (χ2n) is 6.46. The number of amides is 2. The van der Waals surface area contributed by atoms with Gasteiger partial charge in [-0.1, -0.05) is 5.16 Å². The van der Waals surface area contributed by atoms with Gasteiger partial charge in [-0.05, 0) is 12.1 Å². The maximum atomic E-state index is 12.4. The average Bonchev–Trinajstić information content (AvgIpc) is 3.35. The van der Waals surface area contributed by atoms with Gasteiger partial charge in [-0.2, -0.15) is 4.98 Å². The molecule has 2 aliphatic rings. The first kappa shape index (κ1) is 15.7. The van der Waals surface area contributed by atoms with Crippen molar-refractivity contribution in [3.05, 3.63) is 24.3 Å². The molecule has 0 aliphatic carbocycles. The summed E-state index contributed by atoms with van der Waals surface area (Å²) in [6.45, 7) is 1.54. The van der Waals surface area contributed by atoms with Gasteiger partial charge in [-0.15, -0.1) is 0 Å². The first-order valence-corrected chi connectivity index (χ1v) is 8.13. The number of nitrogens with zero attached hydrogens (tertiary/aromatic N) is 4. The Morgan fingerprint density at radius 2 is 2.28 bits per heavy atom. The zero-order valence-corrected chi connectivity index (χ0v) is 13.8. The zero-order valence-electron chi connectivity index (χ0n) is 13.8. The standard InChI is InChI=1S/C16H18N4O5/c1-19-9-16(24-15(19)22)6-7-20(10-16)13(21)5-4-12-17-14(18-25-12)11-3-2-8-23-11/h2-3,8H,4-7,9-10H2,1H3/t16-/m0/s1. The number of likely N-dealkylation sites (N-methyl/N-ethyl adjacent to an activating group) is 1. The molecule has 2 aromatic rings. The van der Waals surface area contributed by atoms with E-state index in [2.05, 4.69) is 10.1 Å². The van der Waals surface area contributed by atoms with E-state index in [1.807, 2.05) is 0 Å². The molecule has 2 aliphatic heterocycles. The lowest BCUT2D eigenvalue weighted by molar-refractivity contribution is -0.131. The number of aromatic nitrogens is 2. The first-order chi connectivity index (χ1) is 12.0. The lowest BCUT2D eigenvalue weighted by Crippen LogP contribution is -2.39. The van der Waals surface area contributed by atoms with E-state index < -0.39 is 5.60 Å². The van der Waals surface area contributed by atoms with Gasteiger partial charge in [0.25, 0.3) is 0 Å². The molecule has 0 bridgehead atoms. The molecule has 4 rings (SSSR count). The van der Waals surface area contributed by atoms with Crippen molar-refractivity contribution in [1.29, 1.82) is 0 Å². The second kappa shape index (κ2) is 5.91. The average molecular weight is 346 g/mol. The van der Waals surface area contributed by atoms with E-state index in [0.717, 1.165) is 0 Å². The Balaban J connectivity index is 1.32. The molecule has 9 nitrogen and oxygen atoms in total. The zero-order chi connectivity index (χ0) is 17.4. The van der Waals surface area contributed by atoms with Gasteiger partial charge in [-0.3, -0.25) is 4.79 Å². The Morgan fingerprint density at radius 3 is 3.00 bits per heavy atom. The summed E-state index contributed by atoms with van der Waals surface area (Å²) in [5.74, 6) is 1.27. The molecule has 2 aromatic heterocycles. The van der Waals surface area contributed by atoms with Crippen LogP contribution in [0.1, 0.15) is 18.7 Å². The summed E-state index contributed by atoms with van der Waals surface area (Å²) >= 11 is 0. The number of ether oxygens (including phenoxy) is 1. The SMILES string of the molecule is CN1C[C@]2(CCN(C(=O)CCc3nc(-c4ccco4)no3)C2)OC1=O. The van der Waals surface area contributed by atoms with Crippen molar-refractivity contribution in [1.82, 2.24) is 19.9 Å². The monoisotopic (exact) mass is 346 g/mol. The van der Waals surface area contributed by atoms with Gasteiger partial charge in [0.05, 0.1) is 19.4 Å². The van der Waals surface area contributed by atoms with Crippen LogP contribution >= 0.6 is 0 Å². The fourth-order valence-electron chi connectivity index (χ4n) is 3.30. The smallest absolute Gasteiger partial charge is 0.410 e. The summed E-state index contributed by atoms with van der Waals surface area (Å²) in [5.41, 5.74) is -0.557. The van der Waals surface area contributed by atoms with Gasteiger partial charge in [-0.25, -0.2) is 4.79 Å². The van der Waals surface area contributed by atoms with Gasteiger partial charge in [0.2, 0.25) is 17.6 Å². The van der Waals surface area contributed by atoms with Crippen LogP contribution in [0.5, 0.6) is 0 Å². The molecule has 0 radical (unpaired) electrons. The molecule has 9 heteroatoms. The number of carbonyl (C=O) groups excluding carboxylic acids is 2. The van der Waals surface area contributed by atoms with E-state index in [4.69, 9.17) is 13.7 Å². The molecule has 132 valence electrons. The summed E-state index contributed by atoms with van der Waals surface area (Å²) < 4.78 is 15.8. The third-order valence-electron chi connectivity index (χ3n) is 4.57. The summed E-state index contributed by atoms with van der Waals surface area (Å²) in [6, 6.07) is 3.48. The highest BCUT2D eigenvalue weighted by Crippen LogP contribution is 2.32. The number of rotatable bonds is 4. The number of likely N-dealkylation sites (tertiary alicyclic amines) is 1. The van der Waals surface area contributed by atoms with Gasteiger partial charge < -0.3 is 23.5 Å². The Bertz CT molecular complexity index is 786. The number of furan rings is 1. The van der Waals surface area contributed by atoms with Crippen LogP contribution in [-0.2, 0) is 16.0 Å².